The molecule has 0 spiro atoms. The molecule has 0 radical (unpaired) electrons. The second-order valence-corrected chi connectivity index (χ2v) is 9.10. The Hall–Kier alpha value is -2.07. The third kappa shape index (κ3) is 2.43. The van der Waals surface area contributed by atoms with Crippen LogP contribution < -0.4 is 5.32 Å². The Labute approximate surface area is 167 Å². The summed E-state index contributed by atoms with van der Waals surface area (Å²) in [5.74, 6) is 0.140. The fraction of sp³-hybridized carbons (Fsp3) is 0.542. The van der Waals surface area contributed by atoms with Crippen molar-refractivity contribution >= 4 is 22.5 Å². The lowest BCUT2D eigenvalue weighted by Gasteiger charge is -2.53. The first-order valence-corrected chi connectivity index (χ1v) is 10.9. The lowest BCUT2D eigenvalue weighted by atomic mass is 9.66. The summed E-state index contributed by atoms with van der Waals surface area (Å²) in [6.07, 6.45) is 7.32. The molecule has 4 heterocycles. The molecule has 148 valence electrons. The minimum absolute atomic E-state index is 0.0116. The van der Waals surface area contributed by atoms with Crippen LogP contribution in [-0.2, 0) is 11.2 Å². The van der Waals surface area contributed by atoms with E-state index in [2.05, 4.69) is 52.0 Å². The van der Waals surface area contributed by atoms with Gasteiger partial charge in [-0.05, 0) is 43.9 Å². The van der Waals surface area contributed by atoms with Gasteiger partial charge in [-0.1, -0.05) is 45.0 Å². The molecule has 4 heteroatoms. The monoisotopic (exact) mass is 377 g/mol. The zero-order valence-corrected chi connectivity index (χ0v) is 17.3. The van der Waals surface area contributed by atoms with E-state index in [9.17, 15) is 4.79 Å². The first-order chi connectivity index (χ1) is 13.6. The van der Waals surface area contributed by atoms with Gasteiger partial charge in [-0.25, -0.2) is 0 Å². The maximum absolute atomic E-state index is 12.3. The highest BCUT2D eigenvalue weighted by molar-refractivity contribution is 5.90. The molecule has 1 fully saturated rings. The summed E-state index contributed by atoms with van der Waals surface area (Å²) < 4.78 is 2.49. The molecule has 0 unspecified atom stereocenters. The summed E-state index contributed by atoms with van der Waals surface area (Å²) >= 11 is 0. The van der Waals surface area contributed by atoms with Gasteiger partial charge >= 0.3 is 0 Å². The standard InChI is InChI=1S/C24H31N3O/c1-4-24-11-7-12-26-13-10-19-18-8-5-6-9-20(18)27(21(19)22(24)26)17(14-24)15-25-23(28)16(2)3/h5-6,8-9,14,16,22H,4,7,10-13,15H2,1-3H3,(H,25,28)/t22-,24+/m1/s1. The number of piperidine rings is 1. The van der Waals surface area contributed by atoms with Crippen molar-refractivity contribution in [2.45, 2.75) is 52.5 Å². The van der Waals surface area contributed by atoms with Crippen molar-refractivity contribution in [3.05, 3.63) is 41.6 Å². The first-order valence-electron chi connectivity index (χ1n) is 10.9. The number of rotatable bonds is 4. The fourth-order valence-electron chi connectivity index (χ4n) is 5.90. The lowest BCUT2D eigenvalue weighted by molar-refractivity contribution is -0.123. The molecule has 1 aromatic carbocycles. The molecule has 0 bridgehead atoms. The summed E-state index contributed by atoms with van der Waals surface area (Å²) in [7, 11) is 0. The van der Waals surface area contributed by atoms with E-state index in [1.54, 1.807) is 0 Å². The van der Waals surface area contributed by atoms with Crippen LogP contribution in [0.4, 0.5) is 0 Å². The number of hydrogen-bond acceptors (Lipinski definition) is 2. The van der Waals surface area contributed by atoms with E-state index in [4.69, 9.17) is 0 Å². The van der Waals surface area contributed by atoms with Crippen LogP contribution in [-0.4, -0.2) is 35.0 Å². The Kier molecular flexibility index (Phi) is 4.16. The van der Waals surface area contributed by atoms with Crippen LogP contribution in [0.2, 0.25) is 0 Å². The van der Waals surface area contributed by atoms with Crippen LogP contribution in [0.15, 0.2) is 30.3 Å². The molecule has 3 aliphatic heterocycles. The molecule has 1 N–H and O–H groups in total. The van der Waals surface area contributed by atoms with Crippen molar-refractivity contribution in [3.63, 3.8) is 0 Å². The summed E-state index contributed by atoms with van der Waals surface area (Å²) in [5, 5.41) is 4.59. The first kappa shape index (κ1) is 18.0. The molecule has 1 amide bonds. The molecular weight excluding hydrogens is 346 g/mol. The van der Waals surface area contributed by atoms with Gasteiger partial charge in [0.05, 0.1) is 18.1 Å². The molecule has 2 atom stereocenters. The van der Waals surface area contributed by atoms with E-state index in [1.807, 2.05) is 13.8 Å². The third-order valence-electron chi connectivity index (χ3n) is 7.29. The zero-order chi connectivity index (χ0) is 19.5. The molecule has 28 heavy (non-hydrogen) atoms. The molecular formula is C24H31N3O. The van der Waals surface area contributed by atoms with Gasteiger partial charge in [0.15, 0.2) is 0 Å². The van der Waals surface area contributed by atoms with Crippen molar-refractivity contribution in [2.24, 2.45) is 11.3 Å². The molecule has 0 saturated carbocycles. The quantitative estimate of drug-likeness (QED) is 0.860. The van der Waals surface area contributed by atoms with Crippen LogP contribution in [0.1, 0.15) is 57.3 Å². The average Bonchev–Trinajstić information content (AvgIpc) is 3.06. The number of para-hydroxylation sites is 1. The van der Waals surface area contributed by atoms with E-state index in [0.29, 0.717) is 12.6 Å². The van der Waals surface area contributed by atoms with Crippen molar-refractivity contribution in [1.29, 1.82) is 0 Å². The predicted octanol–water partition coefficient (Wildman–Crippen LogP) is 4.36. The number of carbonyl (C=O) groups excluding carboxylic acids is 1. The van der Waals surface area contributed by atoms with Gasteiger partial charge in [0, 0.05) is 34.7 Å². The van der Waals surface area contributed by atoms with Gasteiger partial charge in [0.2, 0.25) is 5.91 Å². The maximum Gasteiger partial charge on any atom is 0.222 e. The Morgan fingerprint density at radius 1 is 1.29 bits per heavy atom. The van der Waals surface area contributed by atoms with Gasteiger partial charge in [-0.3, -0.25) is 9.69 Å². The smallest absolute Gasteiger partial charge is 0.222 e. The predicted molar refractivity (Wildman–Crippen MR) is 114 cm³/mol. The van der Waals surface area contributed by atoms with Crippen molar-refractivity contribution in [2.75, 3.05) is 19.6 Å². The van der Waals surface area contributed by atoms with Crippen LogP contribution >= 0.6 is 0 Å². The number of fused-ring (bicyclic) bond motifs is 3. The zero-order valence-electron chi connectivity index (χ0n) is 17.3. The highest BCUT2D eigenvalue weighted by Crippen LogP contribution is 2.56. The van der Waals surface area contributed by atoms with Crippen LogP contribution in [0.5, 0.6) is 0 Å². The van der Waals surface area contributed by atoms with Crippen LogP contribution in [0.25, 0.3) is 16.6 Å². The minimum Gasteiger partial charge on any atom is -0.350 e. The van der Waals surface area contributed by atoms with Crippen molar-refractivity contribution in [3.8, 4) is 0 Å². The number of benzene rings is 1. The van der Waals surface area contributed by atoms with E-state index in [0.717, 1.165) is 12.8 Å². The normalized spacial score (nSPS) is 26.3. The molecule has 5 rings (SSSR count). The van der Waals surface area contributed by atoms with E-state index in [1.165, 1.54) is 53.8 Å². The van der Waals surface area contributed by atoms with Gasteiger partial charge in [0.25, 0.3) is 0 Å². The SMILES string of the molecule is CC[C@@]12C=C(CNC(=O)C(C)C)n3c4c(c5ccccc53)CCN(CCC1)[C@H]42. The topological polar surface area (TPSA) is 37.3 Å². The van der Waals surface area contributed by atoms with Gasteiger partial charge in [-0.15, -0.1) is 0 Å². The highest BCUT2D eigenvalue weighted by Gasteiger charge is 2.50. The number of hydrogen-bond donors (Lipinski definition) is 1. The van der Waals surface area contributed by atoms with Crippen molar-refractivity contribution in [1.82, 2.24) is 14.8 Å². The minimum atomic E-state index is 0.0116. The van der Waals surface area contributed by atoms with Gasteiger partial charge in [-0.2, -0.15) is 0 Å². The molecule has 1 saturated heterocycles. The number of aromatic nitrogens is 1. The van der Waals surface area contributed by atoms with E-state index in [-0.39, 0.29) is 17.2 Å². The summed E-state index contributed by atoms with van der Waals surface area (Å²) in [4.78, 5) is 15.0. The van der Waals surface area contributed by atoms with E-state index >= 15 is 0 Å². The average molecular weight is 378 g/mol. The Morgan fingerprint density at radius 3 is 2.89 bits per heavy atom. The summed E-state index contributed by atoms with van der Waals surface area (Å²) in [6.45, 7) is 9.25. The van der Waals surface area contributed by atoms with Gasteiger partial charge < -0.3 is 9.88 Å². The second kappa shape index (κ2) is 6.48. The molecule has 1 aromatic heterocycles. The Bertz CT molecular complexity index is 970. The molecule has 4 nitrogen and oxygen atoms in total. The Morgan fingerprint density at radius 2 is 2.11 bits per heavy atom. The molecule has 2 aromatic rings. The lowest BCUT2D eigenvalue weighted by Crippen LogP contribution is -2.51. The number of nitrogens with zero attached hydrogens (tertiary/aromatic N) is 2. The fourth-order valence-corrected chi connectivity index (χ4v) is 5.90. The van der Waals surface area contributed by atoms with Crippen LogP contribution in [0, 0.1) is 11.3 Å². The third-order valence-corrected chi connectivity index (χ3v) is 7.29. The van der Waals surface area contributed by atoms with Crippen LogP contribution in [0.3, 0.4) is 0 Å². The number of amides is 1. The molecule has 0 aliphatic carbocycles. The number of nitrogens with one attached hydrogen (secondary N) is 1. The summed E-state index contributed by atoms with van der Waals surface area (Å²) in [5.41, 5.74) is 5.79. The van der Waals surface area contributed by atoms with E-state index < -0.39 is 0 Å². The summed E-state index contributed by atoms with van der Waals surface area (Å²) in [6, 6.07) is 9.31. The molecule has 3 aliphatic rings. The number of carbonyl (C=O) groups is 1. The Balaban J connectivity index is 1.71. The highest BCUT2D eigenvalue weighted by atomic mass is 16.1. The van der Waals surface area contributed by atoms with Gasteiger partial charge in [0.1, 0.15) is 0 Å². The largest absolute Gasteiger partial charge is 0.350 e. The van der Waals surface area contributed by atoms with Crippen molar-refractivity contribution < 1.29 is 4.79 Å². The maximum atomic E-state index is 12.3. The second-order valence-electron chi connectivity index (χ2n) is 9.10.